The molecule has 6 nitrogen and oxygen atoms in total. The predicted octanol–water partition coefficient (Wildman–Crippen LogP) is 3.19. The van der Waals surface area contributed by atoms with Gasteiger partial charge in [0.1, 0.15) is 22.7 Å². The number of imidazole rings is 1. The second kappa shape index (κ2) is 5.10. The van der Waals surface area contributed by atoms with Crippen LogP contribution in [0.4, 0.5) is 5.82 Å². The number of halogens is 1. The van der Waals surface area contributed by atoms with E-state index in [1.807, 2.05) is 34.7 Å². The summed E-state index contributed by atoms with van der Waals surface area (Å²) in [6.07, 6.45) is 1.67. The van der Waals surface area contributed by atoms with Crippen LogP contribution in [-0.2, 0) is 0 Å². The van der Waals surface area contributed by atoms with Gasteiger partial charge in [-0.3, -0.25) is 4.40 Å². The van der Waals surface area contributed by atoms with Crippen molar-refractivity contribution in [3.63, 3.8) is 0 Å². The number of hydrogen-bond donors (Lipinski definition) is 1. The minimum atomic E-state index is 0.385. The lowest BCUT2D eigenvalue weighted by Crippen LogP contribution is -2.02. The van der Waals surface area contributed by atoms with Crippen LogP contribution < -0.4 is 10.5 Å². The standard InChI is InChI=1S/C16H12ClN5O/c1-23-13-7-6-11-16(21-13)22-12(14(18)20-11)8-19-15(22)9-4-2-3-5-10(9)17/h2-8H,1H3,(H2,18,20). The maximum atomic E-state index is 6.32. The van der Waals surface area contributed by atoms with E-state index >= 15 is 0 Å². The van der Waals surface area contributed by atoms with Gasteiger partial charge in [0.05, 0.1) is 18.3 Å². The van der Waals surface area contributed by atoms with Gasteiger partial charge >= 0.3 is 0 Å². The Balaban J connectivity index is 2.16. The molecule has 0 unspecified atom stereocenters. The summed E-state index contributed by atoms with van der Waals surface area (Å²) in [7, 11) is 1.57. The largest absolute Gasteiger partial charge is 0.481 e. The van der Waals surface area contributed by atoms with Crippen LogP contribution in [-0.4, -0.2) is 26.5 Å². The molecule has 1 aromatic carbocycles. The Morgan fingerprint density at radius 3 is 2.74 bits per heavy atom. The van der Waals surface area contributed by atoms with E-state index in [0.717, 1.165) is 5.56 Å². The minimum absolute atomic E-state index is 0.385. The average Bonchev–Trinajstić information content (AvgIpc) is 3.01. The number of ether oxygens (including phenoxy) is 1. The highest BCUT2D eigenvalue weighted by Crippen LogP contribution is 2.31. The van der Waals surface area contributed by atoms with E-state index in [-0.39, 0.29) is 0 Å². The molecule has 0 aliphatic carbocycles. The molecule has 4 aromatic rings. The molecule has 0 spiro atoms. The van der Waals surface area contributed by atoms with E-state index in [0.29, 0.717) is 39.2 Å². The van der Waals surface area contributed by atoms with Crippen LogP contribution in [0.3, 0.4) is 0 Å². The fraction of sp³-hybridized carbons (Fsp3) is 0.0625. The van der Waals surface area contributed by atoms with Crippen molar-refractivity contribution in [3.05, 3.63) is 47.6 Å². The first-order valence-corrected chi connectivity index (χ1v) is 7.29. The first-order valence-electron chi connectivity index (χ1n) is 6.91. The quantitative estimate of drug-likeness (QED) is 0.612. The number of benzene rings is 1. The summed E-state index contributed by atoms with van der Waals surface area (Å²) in [5, 5.41) is 0.603. The van der Waals surface area contributed by atoms with Crippen LogP contribution >= 0.6 is 11.6 Å². The van der Waals surface area contributed by atoms with Crippen molar-refractivity contribution in [2.75, 3.05) is 12.8 Å². The van der Waals surface area contributed by atoms with Crippen LogP contribution in [0.25, 0.3) is 28.1 Å². The second-order valence-corrected chi connectivity index (χ2v) is 5.38. The summed E-state index contributed by atoms with van der Waals surface area (Å²) in [4.78, 5) is 13.3. The Bertz CT molecular complexity index is 1040. The molecule has 3 heterocycles. The highest BCUT2D eigenvalue weighted by atomic mass is 35.5. The van der Waals surface area contributed by atoms with E-state index in [1.165, 1.54) is 0 Å². The van der Waals surface area contributed by atoms with Crippen molar-refractivity contribution < 1.29 is 4.74 Å². The van der Waals surface area contributed by atoms with Gasteiger partial charge in [-0.15, -0.1) is 0 Å². The van der Waals surface area contributed by atoms with Gasteiger partial charge < -0.3 is 10.5 Å². The minimum Gasteiger partial charge on any atom is -0.481 e. The summed E-state index contributed by atoms with van der Waals surface area (Å²) in [6, 6.07) is 11.1. The van der Waals surface area contributed by atoms with Crippen molar-refractivity contribution in [1.82, 2.24) is 19.4 Å². The fourth-order valence-electron chi connectivity index (χ4n) is 2.56. The third-order valence-electron chi connectivity index (χ3n) is 3.63. The second-order valence-electron chi connectivity index (χ2n) is 4.98. The molecule has 0 saturated heterocycles. The number of aromatic nitrogens is 4. The van der Waals surface area contributed by atoms with Gasteiger partial charge in [-0.1, -0.05) is 23.7 Å². The zero-order valence-corrected chi connectivity index (χ0v) is 12.9. The van der Waals surface area contributed by atoms with E-state index < -0.39 is 0 Å². The van der Waals surface area contributed by atoms with E-state index in [9.17, 15) is 0 Å². The van der Waals surface area contributed by atoms with Crippen LogP contribution in [0, 0.1) is 0 Å². The third-order valence-corrected chi connectivity index (χ3v) is 3.96. The number of rotatable bonds is 2. The molecule has 7 heteroatoms. The number of anilines is 1. The van der Waals surface area contributed by atoms with Gasteiger partial charge in [0.15, 0.2) is 5.65 Å². The Morgan fingerprint density at radius 1 is 1.13 bits per heavy atom. The number of hydrogen-bond acceptors (Lipinski definition) is 5. The van der Waals surface area contributed by atoms with Gasteiger partial charge in [-0.05, 0) is 18.2 Å². The summed E-state index contributed by atoms with van der Waals surface area (Å²) >= 11 is 6.32. The zero-order valence-electron chi connectivity index (χ0n) is 12.2. The smallest absolute Gasteiger partial charge is 0.215 e. The highest BCUT2D eigenvalue weighted by Gasteiger charge is 2.16. The summed E-state index contributed by atoms with van der Waals surface area (Å²) in [5.41, 5.74) is 8.80. The van der Waals surface area contributed by atoms with Gasteiger partial charge in [0, 0.05) is 11.6 Å². The van der Waals surface area contributed by atoms with Gasteiger partial charge in [0.25, 0.3) is 0 Å². The van der Waals surface area contributed by atoms with E-state index in [1.54, 1.807) is 19.4 Å². The number of nitrogens with two attached hydrogens (primary N) is 1. The van der Waals surface area contributed by atoms with Gasteiger partial charge in [0.2, 0.25) is 5.88 Å². The van der Waals surface area contributed by atoms with Crippen molar-refractivity contribution in [2.45, 2.75) is 0 Å². The summed E-state index contributed by atoms with van der Waals surface area (Å²) in [6.45, 7) is 0. The summed E-state index contributed by atoms with van der Waals surface area (Å²) < 4.78 is 7.07. The molecular weight excluding hydrogens is 314 g/mol. The van der Waals surface area contributed by atoms with Crippen molar-refractivity contribution in [1.29, 1.82) is 0 Å². The molecule has 0 aliphatic heterocycles. The first-order chi connectivity index (χ1) is 11.2. The van der Waals surface area contributed by atoms with Crippen molar-refractivity contribution >= 4 is 34.1 Å². The molecule has 0 saturated carbocycles. The molecule has 3 aromatic heterocycles. The van der Waals surface area contributed by atoms with Crippen LogP contribution in [0.1, 0.15) is 0 Å². The normalized spacial score (nSPS) is 11.2. The van der Waals surface area contributed by atoms with Crippen LogP contribution in [0.5, 0.6) is 5.88 Å². The molecule has 114 valence electrons. The molecule has 0 fully saturated rings. The maximum Gasteiger partial charge on any atom is 0.215 e. The predicted molar refractivity (Wildman–Crippen MR) is 89.7 cm³/mol. The number of nitrogens with zero attached hydrogens (tertiary/aromatic N) is 4. The lowest BCUT2D eigenvalue weighted by Gasteiger charge is -2.09. The Hall–Kier alpha value is -2.86. The Kier molecular flexibility index (Phi) is 3.06. The fourth-order valence-corrected chi connectivity index (χ4v) is 2.78. The molecular formula is C16H12ClN5O. The van der Waals surface area contributed by atoms with Gasteiger partial charge in [-0.25, -0.2) is 9.97 Å². The monoisotopic (exact) mass is 325 g/mol. The number of methoxy groups -OCH3 is 1. The number of nitrogen functional groups attached to an aromatic ring is 1. The average molecular weight is 326 g/mol. The van der Waals surface area contributed by atoms with E-state index in [2.05, 4.69) is 15.0 Å². The Labute approximate surface area is 136 Å². The molecule has 0 bridgehead atoms. The number of fused-ring (bicyclic) bond motifs is 3. The molecule has 0 atom stereocenters. The van der Waals surface area contributed by atoms with Gasteiger partial charge in [-0.2, -0.15) is 4.98 Å². The number of pyridine rings is 1. The van der Waals surface area contributed by atoms with Crippen molar-refractivity contribution in [2.24, 2.45) is 0 Å². The zero-order chi connectivity index (χ0) is 16.0. The molecule has 2 N–H and O–H groups in total. The molecule has 4 rings (SSSR count). The SMILES string of the molecule is COc1ccc2nc(N)c3cnc(-c4ccccc4Cl)n3c2n1. The molecule has 23 heavy (non-hydrogen) atoms. The first kappa shape index (κ1) is 13.8. The highest BCUT2D eigenvalue weighted by molar-refractivity contribution is 6.33. The third kappa shape index (κ3) is 2.07. The summed E-state index contributed by atoms with van der Waals surface area (Å²) in [5.74, 6) is 1.53. The van der Waals surface area contributed by atoms with Crippen molar-refractivity contribution in [3.8, 4) is 17.3 Å². The van der Waals surface area contributed by atoms with Crippen LogP contribution in [0.2, 0.25) is 5.02 Å². The maximum absolute atomic E-state index is 6.32. The van der Waals surface area contributed by atoms with Crippen LogP contribution in [0.15, 0.2) is 42.6 Å². The van der Waals surface area contributed by atoms with E-state index in [4.69, 9.17) is 22.1 Å². The Morgan fingerprint density at radius 2 is 1.96 bits per heavy atom. The topological polar surface area (TPSA) is 78.3 Å². The molecule has 0 amide bonds. The lowest BCUT2D eigenvalue weighted by atomic mass is 10.2. The molecule has 0 aliphatic rings. The molecule has 0 radical (unpaired) electrons. The lowest BCUT2D eigenvalue weighted by molar-refractivity contribution is 0.399.